The Morgan fingerprint density at radius 3 is 2.40 bits per heavy atom. The van der Waals surface area contributed by atoms with Crippen molar-refractivity contribution >= 4 is 44.4 Å². The number of hydrogen-bond donors (Lipinski definition) is 2. The molecule has 4 nitrogen and oxygen atoms in total. The van der Waals surface area contributed by atoms with Crippen molar-refractivity contribution in [3.05, 3.63) is 18.2 Å². The molecule has 1 aromatic rings. The van der Waals surface area contributed by atoms with E-state index in [0.29, 0.717) is 11.4 Å². The van der Waals surface area contributed by atoms with Gasteiger partial charge in [-0.15, -0.1) is 0 Å². The quantitative estimate of drug-likeness (QED) is 0.648. The molecule has 0 saturated heterocycles. The van der Waals surface area contributed by atoms with Crippen molar-refractivity contribution in [1.29, 1.82) is 0 Å². The van der Waals surface area contributed by atoms with E-state index in [2.05, 4.69) is 5.32 Å². The zero-order chi connectivity index (χ0) is 11.6. The first-order chi connectivity index (χ1) is 6.89. The number of benzene rings is 1. The monoisotopic (exact) mass is 268 g/mol. The molecule has 84 valence electrons. The average Bonchev–Trinajstić information content (AvgIpc) is 2.17. The van der Waals surface area contributed by atoms with Crippen LogP contribution in [0.1, 0.15) is 0 Å². The van der Waals surface area contributed by atoms with Crippen LogP contribution in [0.3, 0.4) is 0 Å². The molecule has 0 radical (unpaired) electrons. The SMILES string of the molecule is CNc1ccc(S(=O)(=O)C(Cl)Cl)cc1N. The summed E-state index contributed by atoms with van der Waals surface area (Å²) in [4.78, 5) is 0.00833. The number of halogens is 2. The van der Waals surface area contributed by atoms with Crippen molar-refractivity contribution < 1.29 is 8.42 Å². The van der Waals surface area contributed by atoms with Crippen LogP contribution in [0.2, 0.25) is 0 Å². The first-order valence-electron chi connectivity index (χ1n) is 3.99. The summed E-state index contributed by atoms with van der Waals surface area (Å²) in [7, 11) is -2.02. The van der Waals surface area contributed by atoms with Gasteiger partial charge in [-0.1, -0.05) is 23.2 Å². The molecular weight excluding hydrogens is 259 g/mol. The number of nitrogens with one attached hydrogen (secondary N) is 1. The largest absolute Gasteiger partial charge is 0.397 e. The van der Waals surface area contributed by atoms with Gasteiger partial charge < -0.3 is 11.1 Å². The van der Waals surface area contributed by atoms with E-state index in [9.17, 15) is 8.42 Å². The van der Waals surface area contributed by atoms with Gasteiger partial charge in [-0.2, -0.15) is 0 Å². The van der Waals surface area contributed by atoms with Gasteiger partial charge in [0, 0.05) is 7.05 Å². The van der Waals surface area contributed by atoms with E-state index < -0.39 is 14.0 Å². The van der Waals surface area contributed by atoms with Gasteiger partial charge in [0.1, 0.15) is 0 Å². The normalized spacial score (nSPS) is 11.7. The van der Waals surface area contributed by atoms with Crippen LogP contribution in [-0.4, -0.2) is 19.6 Å². The lowest BCUT2D eigenvalue weighted by molar-refractivity contribution is 0.598. The lowest BCUT2D eigenvalue weighted by Gasteiger charge is -2.08. The second-order valence-electron chi connectivity index (χ2n) is 2.80. The maximum Gasteiger partial charge on any atom is 0.212 e. The molecule has 0 amide bonds. The topological polar surface area (TPSA) is 72.2 Å². The first-order valence-corrected chi connectivity index (χ1v) is 6.41. The number of hydrogen-bond acceptors (Lipinski definition) is 4. The van der Waals surface area contributed by atoms with Crippen LogP contribution in [0.5, 0.6) is 0 Å². The van der Waals surface area contributed by atoms with E-state index in [1.807, 2.05) is 0 Å². The molecule has 0 spiro atoms. The molecule has 0 fully saturated rings. The summed E-state index contributed by atoms with van der Waals surface area (Å²) in [5.74, 6) is 0. The van der Waals surface area contributed by atoms with Gasteiger partial charge in [-0.05, 0) is 18.2 Å². The number of alkyl halides is 2. The highest BCUT2D eigenvalue weighted by atomic mass is 35.5. The minimum absolute atomic E-state index is 0.00833. The van der Waals surface area contributed by atoms with Gasteiger partial charge >= 0.3 is 0 Å². The molecular formula is C8H10Cl2N2O2S. The Balaban J connectivity index is 3.25. The molecule has 0 aromatic heterocycles. The van der Waals surface area contributed by atoms with Crippen molar-refractivity contribution in [2.45, 2.75) is 9.06 Å². The maximum absolute atomic E-state index is 11.5. The number of anilines is 2. The summed E-state index contributed by atoms with van der Waals surface area (Å²) in [5.41, 5.74) is 6.59. The zero-order valence-electron chi connectivity index (χ0n) is 7.87. The van der Waals surface area contributed by atoms with Crippen LogP contribution in [-0.2, 0) is 9.84 Å². The molecule has 0 heterocycles. The van der Waals surface area contributed by atoms with Crippen LogP contribution >= 0.6 is 23.2 Å². The number of nitrogens with two attached hydrogens (primary N) is 1. The van der Waals surface area contributed by atoms with Gasteiger partial charge in [0.25, 0.3) is 0 Å². The molecule has 0 aliphatic heterocycles. The average molecular weight is 269 g/mol. The third kappa shape index (κ3) is 2.48. The van der Waals surface area contributed by atoms with E-state index in [1.165, 1.54) is 12.1 Å². The molecule has 15 heavy (non-hydrogen) atoms. The molecule has 0 bridgehead atoms. The van der Waals surface area contributed by atoms with E-state index >= 15 is 0 Å². The Morgan fingerprint density at radius 2 is 2.00 bits per heavy atom. The predicted octanol–water partition coefficient (Wildman–Crippen LogP) is 1.85. The summed E-state index contributed by atoms with van der Waals surface area (Å²) in [6.07, 6.45) is 0. The second kappa shape index (κ2) is 4.47. The molecule has 1 rings (SSSR count). The summed E-state index contributed by atoms with van der Waals surface area (Å²) in [5, 5.41) is 2.82. The van der Waals surface area contributed by atoms with E-state index in [4.69, 9.17) is 28.9 Å². The van der Waals surface area contributed by atoms with Crippen molar-refractivity contribution in [3.63, 3.8) is 0 Å². The van der Waals surface area contributed by atoms with E-state index in [1.54, 1.807) is 13.1 Å². The summed E-state index contributed by atoms with van der Waals surface area (Å²) >= 11 is 10.7. The third-order valence-corrected chi connectivity index (χ3v) is 4.64. The number of sulfone groups is 1. The number of nitrogen functional groups attached to an aromatic ring is 1. The minimum atomic E-state index is -3.70. The van der Waals surface area contributed by atoms with Crippen molar-refractivity contribution in [2.24, 2.45) is 0 Å². The predicted molar refractivity (Wildman–Crippen MR) is 63.1 cm³/mol. The summed E-state index contributed by atoms with van der Waals surface area (Å²) in [6.45, 7) is 0. The Labute approximate surface area is 98.3 Å². The first kappa shape index (κ1) is 12.4. The zero-order valence-corrected chi connectivity index (χ0v) is 10.2. The fourth-order valence-electron chi connectivity index (χ4n) is 1.05. The smallest absolute Gasteiger partial charge is 0.212 e. The fraction of sp³-hybridized carbons (Fsp3) is 0.250. The highest BCUT2D eigenvalue weighted by molar-refractivity contribution is 7.94. The number of rotatable bonds is 3. The Hall–Kier alpha value is -0.650. The lowest BCUT2D eigenvalue weighted by atomic mass is 10.3. The minimum Gasteiger partial charge on any atom is -0.397 e. The van der Waals surface area contributed by atoms with Gasteiger partial charge in [-0.3, -0.25) is 0 Å². The molecule has 1 aromatic carbocycles. The lowest BCUT2D eigenvalue weighted by Crippen LogP contribution is -2.10. The second-order valence-corrected chi connectivity index (χ2v) is 6.45. The molecule has 0 unspecified atom stereocenters. The maximum atomic E-state index is 11.5. The molecule has 3 N–H and O–H groups in total. The third-order valence-electron chi connectivity index (χ3n) is 1.86. The van der Waals surface area contributed by atoms with Gasteiger partial charge in [0.2, 0.25) is 14.0 Å². The molecule has 7 heteroatoms. The summed E-state index contributed by atoms with van der Waals surface area (Å²) < 4.78 is 21.6. The van der Waals surface area contributed by atoms with Crippen LogP contribution in [0, 0.1) is 0 Å². The Bertz CT molecular complexity index is 460. The van der Waals surface area contributed by atoms with Gasteiger partial charge in [0.15, 0.2) is 0 Å². The Kier molecular flexibility index (Phi) is 3.70. The standard InChI is InChI=1S/C8H10Cl2N2O2S/c1-12-7-3-2-5(4-6(7)11)15(13,14)8(9)10/h2-4,8,12H,11H2,1H3. The van der Waals surface area contributed by atoms with Crippen LogP contribution in [0.25, 0.3) is 0 Å². The Morgan fingerprint density at radius 1 is 1.40 bits per heavy atom. The van der Waals surface area contributed by atoms with Crippen LogP contribution in [0.4, 0.5) is 11.4 Å². The van der Waals surface area contributed by atoms with Crippen LogP contribution < -0.4 is 11.1 Å². The van der Waals surface area contributed by atoms with Crippen molar-refractivity contribution in [1.82, 2.24) is 0 Å². The highest BCUT2D eigenvalue weighted by Crippen LogP contribution is 2.26. The van der Waals surface area contributed by atoms with Gasteiger partial charge in [-0.25, -0.2) is 8.42 Å². The molecule has 0 aliphatic carbocycles. The van der Waals surface area contributed by atoms with Crippen molar-refractivity contribution in [2.75, 3.05) is 18.1 Å². The molecule has 0 aliphatic rings. The molecule has 0 atom stereocenters. The van der Waals surface area contributed by atoms with Crippen LogP contribution in [0.15, 0.2) is 23.1 Å². The van der Waals surface area contributed by atoms with Crippen molar-refractivity contribution in [3.8, 4) is 0 Å². The van der Waals surface area contributed by atoms with E-state index in [0.717, 1.165) is 0 Å². The summed E-state index contributed by atoms with van der Waals surface area (Å²) in [6, 6.07) is 4.27. The van der Waals surface area contributed by atoms with Gasteiger partial charge in [0.05, 0.1) is 16.3 Å². The van der Waals surface area contributed by atoms with E-state index in [-0.39, 0.29) is 4.90 Å². The molecule has 0 saturated carbocycles. The highest BCUT2D eigenvalue weighted by Gasteiger charge is 2.23. The fourth-order valence-corrected chi connectivity index (χ4v) is 2.42.